The molecular weight excluding hydrogens is 331 g/mol. The highest BCUT2D eigenvalue weighted by atomic mass is 35.5. The number of rotatable bonds is 5. The molecule has 7 heteroatoms. The van der Waals surface area contributed by atoms with Gasteiger partial charge in [-0.3, -0.25) is 0 Å². The summed E-state index contributed by atoms with van der Waals surface area (Å²) in [5.41, 5.74) is 0. The molecule has 0 amide bonds. The molecule has 0 aromatic heterocycles. The summed E-state index contributed by atoms with van der Waals surface area (Å²) in [4.78, 5) is 2.31. The molecule has 4 nitrogen and oxygen atoms in total. The van der Waals surface area contributed by atoms with Crippen LogP contribution in [-0.4, -0.2) is 51.8 Å². The van der Waals surface area contributed by atoms with Crippen LogP contribution in [0.25, 0.3) is 0 Å². The molecule has 0 aliphatic carbocycles. The fourth-order valence-corrected chi connectivity index (χ4v) is 4.67. The summed E-state index contributed by atoms with van der Waals surface area (Å²) >= 11 is 11.9. The number of hydrogen-bond acceptors (Lipinski definition) is 4. The van der Waals surface area contributed by atoms with E-state index < -0.39 is 9.84 Å². The molecule has 2 rings (SSSR count). The van der Waals surface area contributed by atoms with Crippen LogP contribution < -0.4 is 5.32 Å². The van der Waals surface area contributed by atoms with Gasteiger partial charge >= 0.3 is 0 Å². The van der Waals surface area contributed by atoms with E-state index in [-0.39, 0.29) is 15.7 Å². The van der Waals surface area contributed by atoms with Gasteiger partial charge in [0, 0.05) is 24.2 Å². The summed E-state index contributed by atoms with van der Waals surface area (Å²) in [6.07, 6.45) is 2.23. The number of piperidine rings is 1. The summed E-state index contributed by atoms with van der Waals surface area (Å²) in [7, 11) is -1.47. The molecule has 0 radical (unpaired) electrons. The number of halogens is 2. The number of sulfone groups is 1. The van der Waals surface area contributed by atoms with Gasteiger partial charge in [0.15, 0.2) is 9.84 Å². The van der Waals surface area contributed by atoms with Crippen molar-refractivity contribution in [2.24, 2.45) is 0 Å². The average Bonchev–Trinajstić information content (AvgIpc) is 2.48. The molecular formula is C14H20Cl2N2O2S. The summed E-state index contributed by atoms with van der Waals surface area (Å²) in [6.45, 7) is 2.34. The predicted octanol–water partition coefficient (Wildman–Crippen LogP) is 2.45. The van der Waals surface area contributed by atoms with E-state index in [0.29, 0.717) is 17.6 Å². The SMILES string of the molecule is CNC1CCCN(CCS(=O)(=O)c2cc(Cl)ccc2Cl)C1. The van der Waals surface area contributed by atoms with Gasteiger partial charge in [-0.05, 0) is 44.6 Å². The van der Waals surface area contributed by atoms with E-state index in [4.69, 9.17) is 23.2 Å². The van der Waals surface area contributed by atoms with E-state index in [1.165, 1.54) is 12.1 Å². The number of likely N-dealkylation sites (tertiary alicyclic amines) is 1. The molecule has 1 saturated heterocycles. The lowest BCUT2D eigenvalue weighted by molar-refractivity contribution is 0.205. The first-order chi connectivity index (χ1) is 9.92. The van der Waals surface area contributed by atoms with Crippen molar-refractivity contribution < 1.29 is 8.42 Å². The normalized spacial score (nSPS) is 20.6. The van der Waals surface area contributed by atoms with Crippen molar-refractivity contribution >= 4 is 33.0 Å². The molecule has 0 spiro atoms. The minimum atomic E-state index is -3.42. The Balaban J connectivity index is 2.03. The molecule has 1 N–H and O–H groups in total. The highest BCUT2D eigenvalue weighted by Gasteiger charge is 2.23. The quantitative estimate of drug-likeness (QED) is 0.885. The van der Waals surface area contributed by atoms with Crippen molar-refractivity contribution in [3.05, 3.63) is 28.2 Å². The Bertz CT molecular complexity index is 593. The van der Waals surface area contributed by atoms with Crippen molar-refractivity contribution in [3.63, 3.8) is 0 Å². The third-order valence-corrected chi connectivity index (χ3v) is 6.22. The van der Waals surface area contributed by atoms with Crippen LogP contribution in [-0.2, 0) is 9.84 Å². The molecule has 1 heterocycles. The zero-order valence-corrected chi connectivity index (χ0v) is 14.3. The number of likely N-dealkylation sites (N-methyl/N-ethyl adjacent to an activating group) is 1. The van der Waals surface area contributed by atoms with Gasteiger partial charge < -0.3 is 10.2 Å². The standard InChI is InChI=1S/C14H20Cl2N2O2S/c1-17-12-3-2-6-18(10-12)7-8-21(19,20)14-9-11(15)4-5-13(14)16/h4-5,9,12,17H,2-3,6-8,10H2,1H3. The van der Waals surface area contributed by atoms with E-state index in [1.807, 2.05) is 7.05 Å². The number of hydrogen-bond donors (Lipinski definition) is 1. The summed E-state index contributed by atoms with van der Waals surface area (Å²) in [5, 5.41) is 3.86. The lowest BCUT2D eigenvalue weighted by Gasteiger charge is -2.32. The molecule has 1 aliphatic rings. The minimum Gasteiger partial charge on any atom is -0.316 e. The topological polar surface area (TPSA) is 49.4 Å². The van der Waals surface area contributed by atoms with Crippen LogP contribution >= 0.6 is 23.2 Å². The smallest absolute Gasteiger partial charge is 0.181 e. The second-order valence-electron chi connectivity index (χ2n) is 5.32. The molecule has 1 aromatic carbocycles. The van der Waals surface area contributed by atoms with E-state index in [9.17, 15) is 8.42 Å². The summed E-state index contributed by atoms with van der Waals surface area (Å²) < 4.78 is 24.8. The lowest BCUT2D eigenvalue weighted by atomic mass is 10.1. The molecule has 1 unspecified atom stereocenters. The Morgan fingerprint density at radius 1 is 1.38 bits per heavy atom. The van der Waals surface area contributed by atoms with Crippen molar-refractivity contribution in [1.29, 1.82) is 0 Å². The largest absolute Gasteiger partial charge is 0.316 e. The highest BCUT2D eigenvalue weighted by Crippen LogP contribution is 2.26. The summed E-state index contributed by atoms with van der Waals surface area (Å²) in [5.74, 6) is 0.0590. The Hall–Kier alpha value is -0.330. The zero-order valence-electron chi connectivity index (χ0n) is 12.0. The maximum absolute atomic E-state index is 12.4. The molecule has 118 valence electrons. The van der Waals surface area contributed by atoms with Crippen molar-refractivity contribution in [1.82, 2.24) is 10.2 Å². The molecule has 1 fully saturated rings. The van der Waals surface area contributed by atoms with Crippen molar-refractivity contribution in [2.75, 3.05) is 32.4 Å². The molecule has 1 aliphatic heterocycles. The predicted molar refractivity (Wildman–Crippen MR) is 87.0 cm³/mol. The van der Waals surface area contributed by atoms with Crippen LogP contribution in [0.15, 0.2) is 23.1 Å². The van der Waals surface area contributed by atoms with Crippen LogP contribution in [0.4, 0.5) is 0 Å². The Morgan fingerprint density at radius 3 is 2.86 bits per heavy atom. The third kappa shape index (κ3) is 4.57. The Labute approximate surface area is 136 Å². The van der Waals surface area contributed by atoms with Gasteiger partial charge in [-0.15, -0.1) is 0 Å². The lowest BCUT2D eigenvalue weighted by Crippen LogP contribution is -2.45. The van der Waals surface area contributed by atoms with Crippen LogP contribution in [0.1, 0.15) is 12.8 Å². The Morgan fingerprint density at radius 2 is 2.14 bits per heavy atom. The van der Waals surface area contributed by atoms with Gasteiger partial charge in [0.25, 0.3) is 0 Å². The molecule has 0 bridgehead atoms. The first-order valence-electron chi connectivity index (χ1n) is 7.00. The second kappa shape index (κ2) is 7.29. The van der Waals surface area contributed by atoms with Gasteiger partial charge in [0.1, 0.15) is 0 Å². The molecule has 1 atom stereocenters. The summed E-state index contributed by atoms with van der Waals surface area (Å²) in [6, 6.07) is 4.97. The highest BCUT2D eigenvalue weighted by molar-refractivity contribution is 7.91. The van der Waals surface area contributed by atoms with Gasteiger partial charge in [0.2, 0.25) is 0 Å². The molecule has 1 aromatic rings. The fourth-order valence-electron chi connectivity index (χ4n) is 2.57. The van der Waals surface area contributed by atoms with Crippen LogP contribution in [0.5, 0.6) is 0 Å². The van der Waals surface area contributed by atoms with Gasteiger partial charge in [-0.25, -0.2) is 8.42 Å². The number of nitrogens with zero attached hydrogens (tertiary/aromatic N) is 1. The van der Waals surface area contributed by atoms with E-state index in [0.717, 1.165) is 25.9 Å². The zero-order chi connectivity index (χ0) is 15.5. The first kappa shape index (κ1) is 17.0. The number of nitrogens with one attached hydrogen (secondary N) is 1. The van der Waals surface area contributed by atoms with E-state index in [2.05, 4.69) is 10.2 Å². The third-order valence-electron chi connectivity index (χ3n) is 3.82. The number of benzene rings is 1. The maximum atomic E-state index is 12.4. The average molecular weight is 351 g/mol. The second-order valence-corrected chi connectivity index (χ2v) is 8.24. The maximum Gasteiger partial charge on any atom is 0.181 e. The molecule has 21 heavy (non-hydrogen) atoms. The first-order valence-corrected chi connectivity index (χ1v) is 9.40. The molecule has 0 saturated carbocycles. The van der Waals surface area contributed by atoms with Crippen LogP contribution in [0, 0.1) is 0 Å². The van der Waals surface area contributed by atoms with Gasteiger partial charge in [-0.2, -0.15) is 0 Å². The monoisotopic (exact) mass is 350 g/mol. The minimum absolute atomic E-state index is 0.0590. The Kier molecular flexibility index (Phi) is 5.91. The van der Waals surface area contributed by atoms with E-state index in [1.54, 1.807) is 6.07 Å². The van der Waals surface area contributed by atoms with Crippen molar-refractivity contribution in [2.45, 2.75) is 23.8 Å². The van der Waals surface area contributed by atoms with Gasteiger partial charge in [-0.1, -0.05) is 23.2 Å². The van der Waals surface area contributed by atoms with Gasteiger partial charge in [0.05, 0.1) is 15.7 Å². The van der Waals surface area contributed by atoms with Crippen LogP contribution in [0.2, 0.25) is 10.0 Å². The fraction of sp³-hybridized carbons (Fsp3) is 0.571. The van der Waals surface area contributed by atoms with Crippen molar-refractivity contribution in [3.8, 4) is 0 Å². The van der Waals surface area contributed by atoms with Crippen LogP contribution in [0.3, 0.4) is 0 Å². The van der Waals surface area contributed by atoms with E-state index >= 15 is 0 Å².